The summed E-state index contributed by atoms with van der Waals surface area (Å²) in [4.78, 5) is 18.0. The average molecular weight is 391 g/mol. The third-order valence-corrected chi connectivity index (χ3v) is 4.87. The number of hydrogen-bond acceptors (Lipinski definition) is 5. The Kier molecular flexibility index (Phi) is 4.74. The van der Waals surface area contributed by atoms with Crippen LogP contribution < -0.4 is 5.73 Å². The second kappa shape index (κ2) is 7.24. The maximum absolute atomic E-state index is 12.3. The number of benzene rings is 1. The van der Waals surface area contributed by atoms with Crippen LogP contribution in [0.3, 0.4) is 0 Å². The van der Waals surface area contributed by atoms with E-state index in [1.165, 1.54) is 11.9 Å². The lowest BCUT2D eigenvalue weighted by Crippen LogP contribution is -2.39. The number of anilines is 1. The molecule has 4 rings (SSSR count). The highest BCUT2D eigenvalue weighted by molar-refractivity contribution is 5.77. The SMILES string of the molecule is CC(C)(C)OC(=O)N1CC=C(c2cccc(-c3ccc4c(N)ncnn34)c2)CC1. The minimum Gasteiger partial charge on any atom is -0.444 e. The molecule has 150 valence electrons. The fourth-order valence-corrected chi connectivity index (χ4v) is 3.47. The van der Waals surface area contributed by atoms with Crippen LogP contribution >= 0.6 is 0 Å². The Hall–Kier alpha value is -3.35. The van der Waals surface area contributed by atoms with Crippen molar-refractivity contribution >= 4 is 23.0 Å². The molecular formula is C22H25N5O2. The Morgan fingerprint density at radius 1 is 1.17 bits per heavy atom. The number of fused-ring (bicyclic) bond motifs is 1. The Morgan fingerprint density at radius 3 is 2.69 bits per heavy atom. The largest absolute Gasteiger partial charge is 0.444 e. The normalized spacial score (nSPS) is 14.7. The van der Waals surface area contributed by atoms with Crippen LogP contribution in [0.5, 0.6) is 0 Å². The zero-order valence-electron chi connectivity index (χ0n) is 16.9. The Labute approximate surface area is 169 Å². The molecule has 0 bridgehead atoms. The summed E-state index contributed by atoms with van der Waals surface area (Å²) in [6.45, 7) is 6.83. The molecule has 0 saturated carbocycles. The number of nitrogens with zero attached hydrogens (tertiary/aromatic N) is 4. The number of ether oxygens (including phenoxy) is 1. The van der Waals surface area contributed by atoms with Gasteiger partial charge in [0, 0.05) is 18.7 Å². The first kappa shape index (κ1) is 19.0. The molecule has 1 aromatic carbocycles. The highest BCUT2D eigenvalue weighted by Gasteiger charge is 2.24. The van der Waals surface area contributed by atoms with Gasteiger partial charge < -0.3 is 15.4 Å². The van der Waals surface area contributed by atoms with Crippen molar-refractivity contribution in [1.82, 2.24) is 19.5 Å². The molecule has 0 aliphatic carbocycles. The van der Waals surface area contributed by atoms with Crippen molar-refractivity contribution in [3.8, 4) is 11.3 Å². The zero-order chi connectivity index (χ0) is 20.6. The van der Waals surface area contributed by atoms with Gasteiger partial charge in [-0.25, -0.2) is 14.3 Å². The molecule has 1 aliphatic rings. The molecule has 0 saturated heterocycles. The van der Waals surface area contributed by atoms with Crippen LogP contribution in [0.15, 0.2) is 48.8 Å². The first-order valence-corrected chi connectivity index (χ1v) is 9.68. The molecule has 3 heterocycles. The third kappa shape index (κ3) is 3.94. The number of amides is 1. The molecule has 1 amide bonds. The fraction of sp³-hybridized carbons (Fsp3) is 0.318. The van der Waals surface area contributed by atoms with E-state index in [-0.39, 0.29) is 6.09 Å². The summed E-state index contributed by atoms with van der Waals surface area (Å²) in [6, 6.07) is 12.3. The monoisotopic (exact) mass is 391 g/mol. The Balaban J connectivity index is 1.57. The molecule has 3 aromatic rings. The molecule has 0 unspecified atom stereocenters. The van der Waals surface area contributed by atoms with Crippen molar-refractivity contribution in [3.05, 3.63) is 54.4 Å². The van der Waals surface area contributed by atoms with E-state index in [0.717, 1.165) is 28.8 Å². The van der Waals surface area contributed by atoms with Crippen LogP contribution in [-0.4, -0.2) is 44.3 Å². The van der Waals surface area contributed by atoms with Gasteiger partial charge in [0.15, 0.2) is 5.82 Å². The van der Waals surface area contributed by atoms with Crippen molar-refractivity contribution in [2.75, 3.05) is 18.8 Å². The lowest BCUT2D eigenvalue weighted by Gasteiger charge is -2.29. The quantitative estimate of drug-likeness (QED) is 0.713. The number of carbonyl (C=O) groups excluding carboxylic acids is 1. The van der Waals surface area contributed by atoms with Crippen LogP contribution in [0.1, 0.15) is 32.8 Å². The van der Waals surface area contributed by atoms with Crippen molar-refractivity contribution in [3.63, 3.8) is 0 Å². The van der Waals surface area contributed by atoms with Crippen LogP contribution in [0.25, 0.3) is 22.3 Å². The molecule has 0 atom stereocenters. The van der Waals surface area contributed by atoms with Gasteiger partial charge in [-0.3, -0.25) is 0 Å². The first-order chi connectivity index (χ1) is 13.8. The fourth-order valence-electron chi connectivity index (χ4n) is 3.47. The summed E-state index contributed by atoms with van der Waals surface area (Å²) in [5, 5.41) is 4.33. The molecule has 2 aromatic heterocycles. The number of nitrogens with two attached hydrogens (primary N) is 1. The summed E-state index contributed by atoms with van der Waals surface area (Å²) in [7, 11) is 0. The predicted molar refractivity (Wildman–Crippen MR) is 113 cm³/mol. The van der Waals surface area contributed by atoms with E-state index in [9.17, 15) is 4.79 Å². The van der Waals surface area contributed by atoms with E-state index in [4.69, 9.17) is 10.5 Å². The number of rotatable bonds is 2. The lowest BCUT2D eigenvalue weighted by atomic mass is 9.97. The summed E-state index contributed by atoms with van der Waals surface area (Å²) in [6.07, 6.45) is 4.08. The maximum Gasteiger partial charge on any atom is 0.410 e. The molecule has 7 nitrogen and oxygen atoms in total. The van der Waals surface area contributed by atoms with Crippen molar-refractivity contribution in [1.29, 1.82) is 0 Å². The smallest absolute Gasteiger partial charge is 0.410 e. The second-order valence-electron chi connectivity index (χ2n) is 8.15. The maximum atomic E-state index is 12.3. The standard InChI is InChI=1S/C22H25N5O2/c1-22(2,3)29-21(28)26-11-9-15(10-12-26)16-5-4-6-17(13-16)18-7-8-19-20(23)24-14-25-27(18)19/h4-9,13-14H,10-12H2,1-3H3,(H2,23,24,25). The van der Waals surface area contributed by atoms with Gasteiger partial charge in [0.05, 0.1) is 5.69 Å². The number of hydrogen-bond donors (Lipinski definition) is 1. The van der Waals surface area contributed by atoms with Gasteiger partial charge in [0.25, 0.3) is 0 Å². The number of carbonyl (C=O) groups is 1. The average Bonchev–Trinajstić information content (AvgIpc) is 3.12. The van der Waals surface area contributed by atoms with Gasteiger partial charge in [0.2, 0.25) is 0 Å². The van der Waals surface area contributed by atoms with Crippen molar-refractivity contribution in [2.45, 2.75) is 32.8 Å². The van der Waals surface area contributed by atoms with Gasteiger partial charge in [-0.2, -0.15) is 5.10 Å². The van der Waals surface area contributed by atoms with E-state index in [1.54, 1.807) is 9.42 Å². The molecular weight excluding hydrogens is 366 g/mol. The van der Waals surface area contributed by atoms with Crippen molar-refractivity contribution < 1.29 is 9.53 Å². The highest BCUT2D eigenvalue weighted by atomic mass is 16.6. The lowest BCUT2D eigenvalue weighted by molar-refractivity contribution is 0.0270. The number of nitrogen functional groups attached to an aromatic ring is 1. The summed E-state index contributed by atoms with van der Waals surface area (Å²) < 4.78 is 7.28. The molecule has 1 aliphatic heterocycles. The highest BCUT2D eigenvalue weighted by Crippen LogP contribution is 2.29. The van der Waals surface area contributed by atoms with Gasteiger partial charge in [-0.1, -0.05) is 24.3 Å². The van der Waals surface area contributed by atoms with Gasteiger partial charge in [-0.15, -0.1) is 0 Å². The van der Waals surface area contributed by atoms with Crippen molar-refractivity contribution in [2.24, 2.45) is 0 Å². The minimum absolute atomic E-state index is 0.265. The molecule has 0 fully saturated rings. The van der Waals surface area contributed by atoms with Crippen LogP contribution in [-0.2, 0) is 4.74 Å². The molecule has 7 heteroatoms. The van der Waals surface area contributed by atoms with Crippen LogP contribution in [0.2, 0.25) is 0 Å². The summed E-state index contributed by atoms with van der Waals surface area (Å²) >= 11 is 0. The van der Waals surface area contributed by atoms with Gasteiger partial charge in [0.1, 0.15) is 17.4 Å². The molecule has 2 N–H and O–H groups in total. The van der Waals surface area contributed by atoms with Crippen LogP contribution in [0.4, 0.5) is 10.6 Å². The predicted octanol–water partition coefficient (Wildman–Crippen LogP) is 4.00. The van der Waals surface area contributed by atoms with Gasteiger partial charge in [-0.05, 0) is 56.5 Å². The van der Waals surface area contributed by atoms with E-state index in [1.807, 2.05) is 39.0 Å². The second-order valence-corrected chi connectivity index (χ2v) is 8.15. The summed E-state index contributed by atoms with van der Waals surface area (Å²) in [5.41, 5.74) is 10.6. The zero-order valence-corrected chi connectivity index (χ0v) is 16.9. The third-order valence-electron chi connectivity index (χ3n) is 4.87. The van der Waals surface area contributed by atoms with E-state index in [2.05, 4.69) is 34.4 Å². The summed E-state index contributed by atoms with van der Waals surface area (Å²) in [5.74, 6) is 0.458. The first-order valence-electron chi connectivity index (χ1n) is 9.68. The Bertz CT molecular complexity index is 1090. The topological polar surface area (TPSA) is 85.8 Å². The molecule has 0 radical (unpaired) electrons. The molecule has 0 spiro atoms. The van der Waals surface area contributed by atoms with E-state index < -0.39 is 5.60 Å². The van der Waals surface area contributed by atoms with Gasteiger partial charge >= 0.3 is 6.09 Å². The minimum atomic E-state index is -0.484. The number of aromatic nitrogens is 3. The van der Waals surface area contributed by atoms with E-state index in [0.29, 0.717) is 18.9 Å². The van der Waals surface area contributed by atoms with E-state index >= 15 is 0 Å². The Morgan fingerprint density at radius 2 is 1.97 bits per heavy atom. The molecule has 29 heavy (non-hydrogen) atoms. The van der Waals surface area contributed by atoms with Crippen LogP contribution in [0, 0.1) is 0 Å².